The highest BCUT2D eigenvalue weighted by Crippen LogP contribution is 2.05. The van der Waals surface area contributed by atoms with E-state index in [2.05, 4.69) is 5.32 Å². The molecule has 0 spiro atoms. The molecule has 0 radical (unpaired) electrons. The Bertz CT molecular complexity index is 456. The molecule has 3 amide bonds. The molecule has 0 unspecified atom stereocenters. The van der Waals surface area contributed by atoms with E-state index < -0.39 is 23.9 Å². The summed E-state index contributed by atoms with van der Waals surface area (Å²) in [5.41, 5.74) is 0.845. The lowest BCUT2D eigenvalue weighted by molar-refractivity contribution is -0.149. The van der Waals surface area contributed by atoms with Crippen molar-refractivity contribution in [1.82, 2.24) is 10.6 Å². The number of carbonyl (C=O) groups excluding carboxylic acids is 3. The fraction of sp³-hybridized carbons (Fsp3) is 0.250. The predicted molar refractivity (Wildman–Crippen MR) is 61.3 cm³/mol. The van der Waals surface area contributed by atoms with Gasteiger partial charge in [-0.3, -0.25) is 10.1 Å². The SMILES string of the molecule is O=C1C[C@@H](C(=O)OCc2ccccc2)NC(=O)N1. The molecular formula is C12H12N2O4. The molecule has 0 bridgehead atoms. The minimum absolute atomic E-state index is 0.0979. The van der Waals surface area contributed by atoms with Crippen molar-refractivity contribution in [3.8, 4) is 0 Å². The number of amides is 3. The van der Waals surface area contributed by atoms with Crippen LogP contribution in [-0.4, -0.2) is 23.9 Å². The second kappa shape index (κ2) is 5.31. The summed E-state index contributed by atoms with van der Waals surface area (Å²) >= 11 is 0. The van der Waals surface area contributed by atoms with Crippen LogP contribution in [0.1, 0.15) is 12.0 Å². The fourth-order valence-corrected chi connectivity index (χ4v) is 1.58. The molecule has 1 saturated heterocycles. The molecule has 1 atom stereocenters. The van der Waals surface area contributed by atoms with Crippen LogP contribution in [0.5, 0.6) is 0 Å². The van der Waals surface area contributed by atoms with Gasteiger partial charge in [0.25, 0.3) is 0 Å². The number of urea groups is 1. The second-order valence-electron chi connectivity index (χ2n) is 3.87. The lowest BCUT2D eigenvalue weighted by Gasteiger charge is -2.21. The van der Waals surface area contributed by atoms with Gasteiger partial charge in [0, 0.05) is 0 Å². The van der Waals surface area contributed by atoms with E-state index in [1.807, 2.05) is 35.6 Å². The first-order chi connectivity index (χ1) is 8.65. The number of esters is 1. The summed E-state index contributed by atoms with van der Waals surface area (Å²) < 4.78 is 5.03. The quantitative estimate of drug-likeness (QED) is 0.755. The highest BCUT2D eigenvalue weighted by atomic mass is 16.5. The van der Waals surface area contributed by atoms with Gasteiger partial charge in [0.2, 0.25) is 5.91 Å². The molecule has 0 aromatic heterocycles. The van der Waals surface area contributed by atoms with Crippen LogP contribution in [0.4, 0.5) is 4.79 Å². The Morgan fingerprint density at radius 1 is 1.28 bits per heavy atom. The second-order valence-corrected chi connectivity index (χ2v) is 3.87. The summed E-state index contributed by atoms with van der Waals surface area (Å²) in [7, 11) is 0. The lowest BCUT2D eigenvalue weighted by atomic mass is 10.1. The third-order valence-corrected chi connectivity index (χ3v) is 2.46. The summed E-state index contributed by atoms with van der Waals surface area (Å²) in [4.78, 5) is 33.7. The number of hydrogen-bond donors (Lipinski definition) is 2. The van der Waals surface area contributed by atoms with E-state index in [0.29, 0.717) is 0 Å². The first-order valence-electron chi connectivity index (χ1n) is 5.46. The first kappa shape index (κ1) is 12.1. The number of rotatable bonds is 3. The molecule has 0 aliphatic carbocycles. The Labute approximate surface area is 103 Å². The molecule has 1 aromatic rings. The Morgan fingerprint density at radius 3 is 2.67 bits per heavy atom. The molecule has 1 aromatic carbocycles. The van der Waals surface area contributed by atoms with Gasteiger partial charge in [-0.15, -0.1) is 0 Å². The van der Waals surface area contributed by atoms with E-state index in [-0.39, 0.29) is 13.0 Å². The van der Waals surface area contributed by atoms with E-state index in [0.717, 1.165) is 5.56 Å². The molecule has 18 heavy (non-hydrogen) atoms. The number of imide groups is 1. The predicted octanol–water partition coefficient (Wildman–Crippen LogP) is 0.328. The molecule has 94 valence electrons. The van der Waals surface area contributed by atoms with E-state index in [4.69, 9.17) is 4.74 Å². The van der Waals surface area contributed by atoms with Gasteiger partial charge < -0.3 is 10.1 Å². The van der Waals surface area contributed by atoms with Crippen LogP contribution >= 0.6 is 0 Å². The molecule has 1 heterocycles. The maximum Gasteiger partial charge on any atom is 0.329 e. The van der Waals surface area contributed by atoms with E-state index in [1.54, 1.807) is 0 Å². The summed E-state index contributed by atoms with van der Waals surface area (Å²) in [5.74, 6) is -1.09. The Kier molecular flexibility index (Phi) is 3.57. The van der Waals surface area contributed by atoms with Crippen molar-refractivity contribution in [2.75, 3.05) is 0 Å². The van der Waals surface area contributed by atoms with Crippen molar-refractivity contribution < 1.29 is 19.1 Å². The van der Waals surface area contributed by atoms with Gasteiger partial charge in [0.05, 0.1) is 6.42 Å². The summed E-state index contributed by atoms with van der Waals surface area (Å²) in [5, 5.41) is 4.38. The van der Waals surface area contributed by atoms with Gasteiger partial charge in [-0.1, -0.05) is 30.3 Å². The van der Waals surface area contributed by atoms with Crippen molar-refractivity contribution in [1.29, 1.82) is 0 Å². The van der Waals surface area contributed by atoms with Gasteiger partial charge in [-0.25, -0.2) is 9.59 Å². The van der Waals surface area contributed by atoms with Crippen LogP contribution < -0.4 is 10.6 Å². The normalized spacial score (nSPS) is 18.8. The smallest absolute Gasteiger partial charge is 0.329 e. The minimum atomic E-state index is -0.907. The van der Waals surface area contributed by atoms with Crippen LogP contribution in [0.2, 0.25) is 0 Å². The van der Waals surface area contributed by atoms with Gasteiger partial charge in [-0.05, 0) is 5.56 Å². The fourth-order valence-electron chi connectivity index (χ4n) is 1.58. The van der Waals surface area contributed by atoms with Gasteiger partial charge >= 0.3 is 12.0 Å². The van der Waals surface area contributed by atoms with Crippen molar-refractivity contribution in [3.63, 3.8) is 0 Å². The number of ether oxygens (including phenoxy) is 1. The first-order valence-corrected chi connectivity index (χ1v) is 5.46. The molecule has 2 rings (SSSR count). The Morgan fingerprint density at radius 2 is 2.00 bits per heavy atom. The summed E-state index contributed by atoms with van der Waals surface area (Å²) in [6.45, 7) is 0.119. The van der Waals surface area contributed by atoms with Crippen molar-refractivity contribution in [2.24, 2.45) is 0 Å². The summed E-state index contributed by atoms with van der Waals surface area (Å²) in [6, 6.07) is 7.58. The molecule has 1 aliphatic heterocycles. The topological polar surface area (TPSA) is 84.5 Å². The zero-order chi connectivity index (χ0) is 13.0. The largest absolute Gasteiger partial charge is 0.459 e. The number of hydrogen-bond acceptors (Lipinski definition) is 4. The maximum absolute atomic E-state index is 11.6. The van der Waals surface area contributed by atoms with Crippen molar-refractivity contribution in [3.05, 3.63) is 35.9 Å². The third-order valence-electron chi connectivity index (χ3n) is 2.46. The van der Waals surface area contributed by atoms with E-state index in [1.165, 1.54) is 0 Å². The molecule has 1 fully saturated rings. The Balaban J connectivity index is 1.88. The van der Waals surface area contributed by atoms with E-state index in [9.17, 15) is 14.4 Å². The molecule has 6 nitrogen and oxygen atoms in total. The minimum Gasteiger partial charge on any atom is -0.459 e. The lowest BCUT2D eigenvalue weighted by Crippen LogP contribution is -2.55. The van der Waals surface area contributed by atoms with Crippen LogP contribution in [0.15, 0.2) is 30.3 Å². The van der Waals surface area contributed by atoms with Gasteiger partial charge in [-0.2, -0.15) is 0 Å². The van der Waals surface area contributed by atoms with E-state index >= 15 is 0 Å². The highest BCUT2D eigenvalue weighted by Gasteiger charge is 2.30. The molecule has 6 heteroatoms. The van der Waals surface area contributed by atoms with Crippen LogP contribution in [-0.2, 0) is 20.9 Å². The standard InChI is InChI=1S/C12H12N2O4/c15-10-6-9(13-12(17)14-10)11(16)18-7-8-4-2-1-3-5-8/h1-5,9H,6-7H2,(H2,13,14,15,17)/t9-/m0/s1. The number of benzene rings is 1. The highest BCUT2D eigenvalue weighted by molar-refractivity contribution is 6.01. The van der Waals surface area contributed by atoms with Crippen molar-refractivity contribution in [2.45, 2.75) is 19.1 Å². The zero-order valence-electron chi connectivity index (χ0n) is 9.51. The average molecular weight is 248 g/mol. The van der Waals surface area contributed by atoms with Crippen LogP contribution in [0.25, 0.3) is 0 Å². The zero-order valence-corrected chi connectivity index (χ0v) is 9.51. The van der Waals surface area contributed by atoms with Gasteiger partial charge in [0.1, 0.15) is 12.6 Å². The summed E-state index contributed by atoms with van der Waals surface area (Å²) in [6.07, 6.45) is -0.0979. The third kappa shape index (κ3) is 3.07. The molecular weight excluding hydrogens is 236 g/mol. The number of carbonyl (C=O) groups is 3. The molecule has 0 saturated carbocycles. The monoisotopic (exact) mass is 248 g/mol. The molecule has 1 aliphatic rings. The van der Waals surface area contributed by atoms with Crippen molar-refractivity contribution >= 4 is 17.9 Å². The maximum atomic E-state index is 11.6. The Hall–Kier alpha value is -2.37. The van der Waals surface area contributed by atoms with Gasteiger partial charge in [0.15, 0.2) is 0 Å². The average Bonchev–Trinajstić information content (AvgIpc) is 2.36. The van der Waals surface area contributed by atoms with Crippen LogP contribution in [0, 0.1) is 0 Å². The molecule has 2 N–H and O–H groups in total. The number of nitrogens with one attached hydrogen (secondary N) is 2. The van der Waals surface area contributed by atoms with Crippen LogP contribution in [0.3, 0.4) is 0 Å².